The van der Waals surface area contributed by atoms with Crippen molar-refractivity contribution in [3.8, 4) is 0 Å². The fourth-order valence-electron chi connectivity index (χ4n) is 4.19. The van der Waals surface area contributed by atoms with E-state index in [-0.39, 0.29) is 30.0 Å². The van der Waals surface area contributed by atoms with Crippen LogP contribution >= 0.6 is 12.2 Å². The second-order valence-corrected chi connectivity index (χ2v) is 11.2. The van der Waals surface area contributed by atoms with E-state index in [1.165, 1.54) is 17.0 Å². The second kappa shape index (κ2) is 9.67. The summed E-state index contributed by atoms with van der Waals surface area (Å²) < 4.78 is 34.8. The highest BCUT2D eigenvalue weighted by Gasteiger charge is 2.49. The number of carbonyl (C=O) groups is 2. The lowest BCUT2D eigenvalue weighted by Crippen LogP contribution is -2.44. The highest BCUT2D eigenvalue weighted by Crippen LogP contribution is 2.34. The zero-order valence-corrected chi connectivity index (χ0v) is 21.6. The van der Waals surface area contributed by atoms with Crippen LogP contribution in [0.3, 0.4) is 0 Å². The molecule has 2 aromatic carbocycles. The van der Waals surface area contributed by atoms with Crippen molar-refractivity contribution in [1.29, 1.82) is 0 Å². The van der Waals surface area contributed by atoms with Crippen LogP contribution in [0, 0.1) is 6.92 Å². The number of hydrogen-bond acceptors (Lipinski definition) is 7. The topological polar surface area (TPSA) is 93.2 Å². The van der Waals surface area contributed by atoms with Crippen molar-refractivity contribution >= 4 is 45.0 Å². The number of unbranched alkanes of at least 4 members (excludes halogenated alkanes) is 2. The van der Waals surface area contributed by atoms with E-state index < -0.39 is 15.7 Å². The first-order valence-corrected chi connectivity index (χ1v) is 13.3. The van der Waals surface area contributed by atoms with Crippen molar-refractivity contribution in [3.63, 3.8) is 0 Å². The van der Waals surface area contributed by atoms with Crippen molar-refractivity contribution in [2.45, 2.75) is 57.1 Å². The van der Waals surface area contributed by atoms with Crippen LogP contribution in [-0.4, -0.2) is 49.0 Å². The molecule has 0 aliphatic carbocycles. The number of benzene rings is 2. The molecule has 1 amide bonds. The van der Waals surface area contributed by atoms with Gasteiger partial charge in [-0.15, -0.1) is 0 Å². The number of fused-ring (bicyclic) bond motifs is 1. The average Bonchev–Trinajstić information content (AvgIpc) is 3.25. The Balaban J connectivity index is 1.31. The highest BCUT2D eigenvalue weighted by atomic mass is 32.2. The molecule has 0 radical (unpaired) electrons. The Kier molecular flexibility index (Phi) is 6.99. The summed E-state index contributed by atoms with van der Waals surface area (Å²) in [6.07, 6.45) is 1.99. The van der Waals surface area contributed by atoms with Crippen molar-refractivity contribution in [3.05, 3.63) is 59.2 Å². The van der Waals surface area contributed by atoms with Gasteiger partial charge < -0.3 is 9.64 Å². The predicted octanol–water partition coefficient (Wildman–Crippen LogP) is 3.95. The van der Waals surface area contributed by atoms with Gasteiger partial charge in [-0.2, -0.15) is 8.42 Å². The number of aryl methyl sites for hydroxylation is 1. The first-order valence-electron chi connectivity index (χ1n) is 11.4. The summed E-state index contributed by atoms with van der Waals surface area (Å²) in [5, 5.41) is 0.406. The maximum Gasteiger partial charge on any atom is 0.338 e. The largest absolute Gasteiger partial charge is 0.457 e. The van der Waals surface area contributed by atoms with E-state index in [9.17, 15) is 18.0 Å². The van der Waals surface area contributed by atoms with Crippen LogP contribution in [0.15, 0.2) is 47.4 Å². The lowest BCUT2D eigenvalue weighted by atomic mass is 10.0. The zero-order valence-electron chi connectivity index (χ0n) is 19.9. The number of anilines is 1. The lowest BCUT2D eigenvalue weighted by molar-refractivity contribution is -0.123. The molecular formula is C25H28N2O6S2. The molecule has 2 aliphatic rings. The summed E-state index contributed by atoms with van der Waals surface area (Å²) in [5.41, 5.74) is 2.01. The minimum absolute atomic E-state index is 0.0883. The molecule has 1 saturated heterocycles. The standard InChI is InChI=1S/C25H28N2O6S2/c1-17-7-10-20(11-8-17)35(30,31)33-14-6-4-5-13-26-24(34)27(23(29)25(26,2)3)19-9-12-21-18(15-19)16-32-22(21)28/h7-12,15H,4-6,13-14,16H2,1-3H3. The summed E-state index contributed by atoms with van der Waals surface area (Å²) in [5.74, 6) is -0.500. The van der Waals surface area contributed by atoms with Gasteiger partial charge in [-0.25, -0.2) is 4.79 Å². The molecule has 8 nitrogen and oxygen atoms in total. The van der Waals surface area contributed by atoms with E-state index >= 15 is 0 Å². The summed E-state index contributed by atoms with van der Waals surface area (Å²) in [7, 11) is -3.77. The van der Waals surface area contributed by atoms with Gasteiger partial charge in [0.05, 0.1) is 22.8 Å². The molecule has 0 aromatic heterocycles. The molecule has 35 heavy (non-hydrogen) atoms. The monoisotopic (exact) mass is 516 g/mol. The molecule has 2 aliphatic heterocycles. The van der Waals surface area contributed by atoms with Crippen LogP contribution in [0.2, 0.25) is 0 Å². The van der Waals surface area contributed by atoms with Gasteiger partial charge in [-0.3, -0.25) is 13.9 Å². The summed E-state index contributed by atoms with van der Waals surface area (Å²) in [4.78, 5) is 28.5. The Hall–Kier alpha value is -2.82. The number of esters is 1. The minimum Gasteiger partial charge on any atom is -0.457 e. The van der Waals surface area contributed by atoms with Crippen LogP contribution in [0.25, 0.3) is 0 Å². The van der Waals surface area contributed by atoms with Gasteiger partial charge in [0.15, 0.2) is 5.11 Å². The first-order chi connectivity index (χ1) is 16.5. The van der Waals surface area contributed by atoms with Crippen LogP contribution < -0.4 is 4.90 Å². The predicted molar refractivity (Wildman–Crippen MR) is 135 cm³/mol. The van der Waals surface area contributed by atoms with Crippen LogP contribution in [0.1, 0.15) is 54.6 Å². The van der Waals surface area contributed by atoms with E-state index in [1.54, 1.807) is 30.3 Å². The molecule has 2 heterocycles. The summed E-state index contributed by atoms with van der Waals surface area (Å²) in [6.45, 7) is 6.37. The van der Waals surface area contributed by atoms with Crippen molar-refractivity contribution in [1.82, 2.24) is 4.90 Å². The molecule has 0 spiro atoms. The van der Waals surface area contributed by atoms with Gasteiger partial charge in [-0.1, -0.05) is 17.7 Å². The van der Waals surface area contributed by atoms with Crippen LogP contribution in [-0.2, 0) is 30.4 Å². The molecule has 1 fully saturated rings. The minimum atomic E-state index is -3.77. The molecule has 0 atom stereocenters. The Morgan fingerprint density at radius 2 is 1.77 bits per heavy atom. The number of thiocarbonyl (C=S) groups is 1. The van der Waals surface area contributed by atoms with Crippen molar-refractivity contribution < 1.29 is 26.9 Å². The summed E-state index contributed by atoms with van der Waals surface area (Å²) in [6, 6.07) is 11.7. The molecular weight excluding hydrogens is 488 g/mol. The third-order valence-corrected chi connectivity index (χ3v) is 8.05. The number of hydrogen-bond donors (Lipinski definition) is 0. The number of carbonyl (C=O) groups excluding carboxylic acids is 2. The van der Waals surface area contributed by atoms with E-state index in [2.05, 4.69) is 0 Å². The number of rotatable bonds is 9. The molecule has 2 aromatic rings. The summed E-state index contributed by atoms with van der Waals surface area (Å²) >= 11 is 5.66. The maximum atomic E-state index is 13.2. The molecule has 10 heteroatoms. The van der Waals surface area contributed by atoms with Gasteiger partial charge in [0.2, 0.25) is 0 Å². The van der Waals surface area contributed by atoms with Gasteiger partial charge in [-0.05, 0) is 82.6 Å². The molecule has 0 N–H and O–H groups in total. The van der Waals surface area contributed by atoms with Gasteiger partial charge in [0, 0.05) is 12.1 Å². The fraction of sp³-hybridized carbons (Fsp3) is 0.400. The third kappa shape index (κ3) is 4.96. The van der Waals surface area contributed by atoms with Gasteiger partial charge in [0.1, 0.15) is 12.1 Å². The molecule has 0 saturated carbocycles. The van der Waals surface area contributed by atoms with Crippen molar-refractivity contribution in [2.24, 2.45) is 0 Å². The number of amides is 1. The molecule has 4 rings (SSSR count). The fourth-order valence-corrected chi connectivity index (χ4v) is 5.64. The second-order valence-electron chi connectivity index (χ2n) is 9.20. The Morgan fingerprint density at radius 3 is 2.49 bits per heavy atom. The normalized spacial score (nSPS) is 17.2. The maximum absolute atomic E-state index is 13.2. The highest BCUT2D eigenvalue weighted by molar-refractivity contribution is 7.86. The Bertz CT molecular complexity index is 1270. The van der Waals surface area contributed by atoms with Crippen LogP contribution in [0.4, 0.5) is 5.69 Å². The van der Waals surface area contributed by atoms with Crippen molar-refractivity contribution in [2.75, 3.05) is 18.1 Å². The van der Waals surface area contributed by atoms with Crippen LogP contribution in [0.5, 0.6) is 0 Å². The quantitative estimate of drug-likeness (QED) is 0.214. The number of cyclic esters (lactones) is 1. The van der Waals surface area contributed by atoms with E-state index in [0.29, 0.717) is 42.2 Å². The van der Waals surface area contributed by atoms with E-state index in [1.807, 2.05) is 25.7 Å². The van der Waals surface area contributed by atoms with E-state index in [0.717, 1.165) is 11.1 Å². The average molecular weight is 517 g/mol. The first kappa shape index (κ1) is 25.3. The third-order valence-electron chi connectivity index (χ3n) is 6.32. The smallest absolute Gasteiger partial charge is 0.338 e. The Morgan fingerprint density at radius 1 is 1.06 bits per heavy atom. The number of ether oxygens (including phenoxy) is 1. The SMILES string of the molecule is Cc1ccc(S(=O)(=O)OCCCCCN2C(=S)N(c3ccc4c(c3)COC4=O)C(=O)C2(C)C)cc1. The zero-order chi connectivity index (χ0) is 25.4. The van der Waals surface area contributed by atoms with Gasteiger partial charge in [0.25, 0.3) is 16.0 Å². The molecule has 0 bridgehead atoms. The Labute approximate surface area is 210 Å². The van der Waals surface area contributed by atoms with Gasteiger partial charge >= 0.3 is 5.97 Å². The lowest BCUT2D eigenvalue weighted by Gasteiger charge is -2.29. The molecule has 0 unspecified atom stereocenters. The molecule has 186 valence electrons. The number of nitrogens with zero attached hydrogens (tertiary/aromatic N) is 2. The van der Waals surface area contributed by atoms with E-state index in [4.69, 9.17) is 21.1 Å².